The minimum atomic E-state index is -0.0376. The van der Waals surface area contributed by atoms with Crippen LogP contribution in [0.25, 0.3) is 22.0 Å². The van der Waals surface area contributed by atoms with Gasteiger partial charge in [-0.2, -0.15) is 0 Å². The van der Waals surface area contributed by atoms with Crippen LogP contribution in [0.3, 0.4) is 0 Å². The van der Waals surface area contributed by atoms with E-state index < -0.39 is 0 Å². The van der Waals surface area contributed by atoms with E-state index in [2.05, 4.69) is 10.3 Å². The van der Waals surface area contributed by atoms with Crippen LogP contribution in [0.1, 0.15) is 11.3 Å². The Morgan fingerprint density at radius 1 is 1.14 bits per heavy atom. The van der Waals surface area contributed by atoms with Crippen molar-refractivity contribution in [1.29, 1.82) is 0 Å². The lowest BCUT2D eigenvalue weighted by atomic mass is 10.1. The van der Waals surface area contributed by atoms with Gasteiger partial charge in [0.2, 0.25) is 0 Å². The summed E-state index contributed by atoms with van der Waals surface area (Å²) in [6, 6.07) is 14.8. The lowest BCUT2D eigenvalue weighted by Gasteiger charge is -2.04. The Morgan fingerprint density at radius 3 is 2.91 bits per heavy atom. The van der Waals surface area contributed by atoms with E-state index in [4.69, 9.17) is 4.42 Å². The van der Waals surface area contributed by atoms with E-state index in [1.165, 1.54) is 6.07 Å². The first-order valence-corrected chi connectivity index (χ1v) is 7.02. The number of hydrogen-bond donors (Lipinski definition) is 0. The zero-order valence-corrected chi connectivity index (χ0v) is 12.0. The van der Waals surface area contributed by atoms with Crippen LogP contribution >= 0.6 is 0 Å². The molecule has 0 N–H and O–H groups in total. The zero-order valence-electron chi connectivity index (χ0n) is 12.0. The topological polar surface area (TPSA) is 60.9 Å². The van der Waals surface area contributed by atoms with Crippen molar-refractivity contribution in [1.82, 2.24) is 15.0 Å². The monoisotopic (exact) mass is 291 g/mol. The normalized spacial score (nSPS) is 11.3. The summed E-state index contributed by atoms with van der Waals surface area (Å²) in [4.78, 5) is 12.2. The summed E-state index contributed by atoms with van der Waals surface area (Å²) in [5.41, 5.74) is 3.33. The highest BCUT2D eigenvalue weighted by Crippen LogP contribution is 2.16. The molecule has 0 bridgehead atoms. The largest absolute Gasteiger partial charge is 0.459 e. The first-order chi connectivity index (χ1) is 10.7. The smallest absolute Gasteiger partial charge is 0.193 e. The second-order valence-corrected chi connectivity index (χ2v) is 5.31. The minimum absolute atomic E-state index is 0.0376. The maximum Gasteiger partial charge on any atom is 0.193 e. The molecule has 0 unspecified atom stereocenters. The summed E-state index contributed by atoms with van der Waals surface area (Å²) in [6.45, 7) is 2.33. The Labute approximate surface area is 125 Å². The highest BCUT2D eigenvalue weighted by molar-refractivity contribution is 5.77. The Balaban J connectivity index is 1.82. The maximum absolute atomic E-state index is 12.2. The van der Waals surface area contributed by atoms with Gasteiger partial charge in [0.05, 0.1) is 10.9 Å². The second kappa shape index (κ2) is 4.80. The van der Waals surface area contributed by atoms with Crippen molar-refractivity contribution in [2.24, 2.45) is 0 Å². The van der Waals surface area contributed by atoms with Crippen molar-refractivity contribution < 1.29 is 4.42 Å². The Kier molecular flexibility index (Phi) is 2.79. The lowest BCUT2D eigenvalue weighted by molar-refractivity contribution is 0.498. The summed E-state index contributed by atoms with van der Waals surface area (Å²) in [5, 5.41) is 8.83. The fourth-order valence-corrected chi connectivity index (χ4v) is 2.58. The van der Waals surface area contributed by atoms with Crippen LogP contribution in [0.5, 0.6) is 0 Å². The van der Waals surface area contributed by atoms with Crippen LogP contribution in [0, 0.1) is 6.92 Å². The molecule has 4 aromatic rings. The number of nitrogens with zero attached hydrogens (tertiary/aromatic N) is 3. The van der Waals surface area contributed by atoms with Gasteiger partial charge >= 0.3 is 0 Å². The molecule has 108 valence electrons. The average molecular weight is 291 g/mol. The second-order valence-electron chi connectivity index (χ2n) is 5.31. The quantitative estimate of drug-likeness (QED) is 0.569. The van der Waals surface area contributed by atoms with Gasteiger partial charge in [-0.05, 0) is 31.2 Å². The number of hydrogen-bond acceptors (Lipinski definition) is 4. The molecular formula is C17H13N3O2. The summed E-state index contributed by atoms with van der Waals surface area (Å²) < 4.78 is 7.56. The fraction of sp³-hybridized carbons (Fsp3) is 0.118. The molecule has 2 aromatic carbocycles. The first kappa shape index (κ1) is 12.8. The third-order valence-corrected chi connectivity index (χ3v) is 3.66. The molecule has 0 radical (unpaired) electrons. The third-order valence-electron chi connectivity index (χ3n) is 3.66. The highest BCUT2D eigenvalue weighted by Gasteiger charge is 2.09. The van der Waals surface area contributed by atoms with Crippen molar-refractivity contribution in [3.05, 3.63) is 70.1 Å². The van der Waals surface area contributed by atoms with Gasteiger partial charge in [0, 0.05) is 6.07 Å². The first-order valence-electron chi connectivity index (χ1n) is 7.02. The van der Waals surface area contributed by atoms with Crippen LogP contribution in [0.15, 0.2) is 57.7 Å². The molecule has 2 heterocycles. The van der Waals surface area contributed by atoms with Crippen LogP contribution in [0.2, 0.25) is 0 Å². The summed E-state index contributed by atoms with van der Waals surface area (Å²) in [6.07, 6.45) is 0. The highest BCUT2D eigenvalue weighted by atomic mass is 16.3. The molecule has 5 heteroatoms. The molecule has 0 saturated carbocycles. The molecule has 0 amide bonds. The predicted octanol–water partition coefficient (Wildman–Crippen LogP) is 2.89. The Bertz CT molecular complexity index is 1050. The van der Waals surface area contributed by atoms with Crippen molar-refractivity contribution in [2.45, 2.75) is 13.5 Å². The zero-order chi connectivity index (χ0) is 15.1. The Hall–Kier alpha value is -2.95. The van der Waals surface area contributed by atoms with Gasteiger partial charge in [0.1, 0.15) is 23.4 Å². The molecule has 2 aromatic heterocycles. The van der Waals surface area contributed by atoms with Gasteiger partial charge in [-0.15, -0.1) is 5.10 Å². The molecule has 5 nitrogen and oxygen atoms in total. The minimum Gasteiger partial charge on any atom is -0.459 e. The van der Waals surface area contributed by atoms with Gasteiger partial charge in [0.25, 0.3) is 0 Å². The van der Waals surface area contributed by atoms with E-state index in [0.29, 0.717) is 23.3 Å². The van der Waals surface area contributed by atoms with Crippen molar-refractivity contribution in [3.8, 4) is 0 Å². The molecule has 0 spiro atoms. The summed E-state index contributed by atoms with van der Waals surface area (Å²) in [5.74, 6) is 0.567. The van der Waals surface area contributed by atoms with Gasteiger partial charge in [-0.3, -0.25) is 4.79 Å². The van der Waals surface area contributed by atoms with Crippen LogP contribution in [-0.4, -0.2) is 15.0 Å². The molecule has 0 aliphatic heterocycles. The van der Waals surface area contributed by atoms with Crippen LogP contribution in [-0.2, 0) is 6.54 Å². The van der Waals surface area contributed by atoms with Crippen LogP contribution < -0.4 is 5.43 Å². The molecule has 0 aliphatic rings. The van der Waals surface area contributed by atoms with E-state index in [1.807, 2.05) is 49.4 Å². The van der Waals surface area contributed by atoms with Crippen molar-refractivity contribution >= 4 is 22.0 Å². The Morgan fingerprint density at radius 2 is 2.00 bits per heavy atom. The molecule has 0 atom stereocenters. The number of aryl methyl sites for hydroxylation is 1. The van der Waals surface area contributed by atoms with Crippen molar-refractivity contribution in [3.63, 3.8) is 0 Å². The molecule has 4 rings (SSSR count). The predicted molar refractivity (Wildman–Crippen MR) is 83.9 cm³/mol. The van der Waals surface area contributed by atoms with Crippen molar-refractivity contribution in [2.75, 3.05) is 0 Å². The maximum atomic E-state index is 12.2. The fourth-order valence-electron chi connectivity index (χ4n) is 2.58. The average Bonchev–Trinajstić information content (AvgIpc) is 2.92. The number of aromatic nitrogens is 3. The number of para-hydroxylation sites is 1. The van der Waals surface area contributed by atoms with E-state index in [1.54, 1.807) is 4.68 Å². The molecule has 0 saturated heterocycles. The van der Waals surface area contributed by atoms with E-state index in [0.717, 1.165) is 16.6 Å². The van der Waals surface area contributed by atoms with Gasteiger partial charge in [-0.1, -0.05) is 29.0 Å². The van der Waals surface area contributed by atoms with Gasteiger partial charge in [0.15, 0.2) is 5.43 Å². The molecule has 0 fully saturated rings. The third kappa shape index (κ3) is 2.07. The van der Waals surface area contributed by atoms with Crippen LogP contribution in [0.4, 0.5) is 0 Å². The van der Waals surface area contributed by atoms with E-state index in [9.17, 15) is 4.79 Å². The standard InChI is InChI=1S/C17H13N3O2/c1-11-6-7-17-13(8-11)16(21)9-12(22-17)10-20-15-5-3-2-4-14(15)18-19-20/h2-9H,10H2,1H3. The SMILES string of the molecule is Cc1ccc2oc(Cn3nnc4ccccc43)cc(=O)c2c1. The van der Waals surface area contributed by atoms with Gasteiger partial charge < -0.3 is 4.42 Å². The summed E-state index contributed by atoms with van der Waals surface area (Å²) >= 11 is 0. The van der Waals surface area contributed by atoms with E-state index >= 15 is 0 Å². The molecule has 0 aliphatic carbocycles. The van der Waals surface area contributed by atoms with Gasteiger partial charge in [-0.25, -0.2) is 4.68 Å². The summed E-state index contributed by atoms with van der Waals surface area (Å²) in [7, 11) is 0. The molecule has 22 heavy (non-hydrogen) atoms. The van der Waals surface area contributed by atoms with E-state index in [-0.39, 0.29) is 5.43 Å². The number of benzene rings is 2. The number of fused-ring (bicyclic) bond motifs is 2. The molecular weight excluding hydrogens is 278 g/mol. The lowest BCUT2D eigenvalue weighted by Crippen LogP contribution is -2.07. The number of rotatable bonds is 2.